The van der Waals surface area contributed by atoms with E-state index in [4.69, 9.17) is 0 Å². The lowest BCUT2D eigenvalue weighted by Crippen LogP contribution is -2.09. The van der Waals surface area contributed by atoms with Gasteiger partial charge in [-0.05, 0) is 18.2 Å². The lowest BCUT2D eigenvalue weighted by atomic mass is 10.2. The van der Waals surface area contributed by atoms with E-state index in [0.717, 1.165) is 6.07 Å². The molecule has 2 rings (SSSR count). The van der Waals surface area contributed by atoms with E-state index in [1.54, 1.807) is 17.8 Å². The summed E-state index contributed by atoms with van der Waals surface area (Å²) in [6, 6.07) is 3.98. The van der Waals surface area contributed by atoms with Gasteiger partial charge in [0.2, 0.25) is 0 Å². The number of halogens is 4. The highest BCUT2D eigenvalue weighted by Gasteiger charge is 2.33. The highest BCUT2D eigenvalue weighted by Crippen LogP contribution is 2.36. The highest BCUT2D eigenvalue weighted by atomic mass is 79.9. The fraction of sp³-hybridized carbons (Fsp3) is 0.273. The summed E-state index contributed by atoms with van der Waals surface area (Å²) < 4.78 is 39.7. The molecule has 0 radical (unpaired) electrons. The van der Waals surface area contributed by atoms with Crippen molar-refractivity contribution in [1.82, 2.24) is 14.8 Å². The molecule has 0 spiro atoms. The summed E-state index contributed by atoms with van der Waals surface area (Å²) in [6.45, 7) is 0.301. The van der Waals surface area contributed by atoms with Gasteiger partial charge in [-0.25, -0.2) is 4.98 Å². The third-order valence-electron chi connectivity index (χ3n) is 2.53. The van der Waals surface area contributed by atoms with Crippen molar-refractivity contribution in [1.29, 1.82) is 0 Å². The highest BCUT2D eigenvalue weighted by molar-refractivity contribution is 9.10. The summed E-state index contributed by atoms with van der Waals surface area (Å²) in [6.07, 6.45) is -3.00. The van der Waals surface area contributed by atoms with Crippen LogP contribution in [0.2, 0.25) is 0 Å². The molecule has 0 saturated carbocycles. The Labute approximate surface area is 115 Å². The predicted octanol–water partition coefficient (Wildman–Crippen LogP) is 3.21. The monoisotopic (exact) mass is 334 g/mol. The van der Waals surface area contributed by atoms with Crippen molar-refractivity contribution in [2.24, 2.45) is 7.05 Å². The molecule has 0 unspecified atom stereocenters. The molecule has 0 aliphatic heterocycles. The van der Waals surface area contributed by atoms with Crippen LogP contribution in [0, 0.1) is 0 Å². The molecule has 4 nitrogen and oxygen atoms in total. The number of hydrogen-bond donors (Lipinski definition) is 1. The maximum atomic E-state index is 12.7. The molecule has 0 amide bonds. The summed E-state index contributed by atoms with van der Waals surface area (Å²) in [5.41, 5.74) is -0.339. The summed E-state index contributed by atoms with van der Waals surface area (Å²) in [5.74, 6) is 0.636. The van der Waals surface area contributed by atoms with Crippen LogP contribution in [0.3, 0.4) is 0 Å². The number of aryl methyl sites for hydroxylation is 1. The van der Waals surface area contributed by atoms with Gasteiger partial charge in [0.05, 0.1) is 12.1 Å². The van der Waals surface area contributed by atoms with Crippen molar-refractivity contribution in [3.05, 3.63) is 40.4 Å². The Bertz CT molecular complexity index is 580. The van der Waals surface area contributed by atoms with Crippen molar-refractivity contribution in [2.75, 3.05) is 5.32 Å². The molecular weight excluding hydrogens is 325 g/mol. The van der Waals surface area contributed by atoms with Gasteiger partial charge in [-0.1, -0.05) is 15.9 Å². The number of anilines is 1. The summed E-state index contributed by atoms with van der Waals surface area (Å²) in [7, 11) is 1.72. The van der Waals surface area contributed by atoms with Gasteiger partial charge in [0.25, 0.3) is 0 Å². The zero-order valence-electron chi connectivity index (χ0n) is 9.87. The Morgan fingerprint density at radius 2 is 2.11 bits per heavy atom. The van der Waals surface area contributed by atoms with E-state index in [9.17, 15) is 13.2 Å². The smallest absolute Gasteiger partial charge is 0.378 e. The van der Waals surface area contributed by atoms with Gasteiger partial charge in [-0.3, -0.25) is 4.68 Å². The van der Waals surface area contributed by atoms with Crippen molar-refractivity contribution in [3.63, 3.8) is 0 Å². The fourth-order valence-corrected chi connectivity index (χ4v) is 1.99. The zero-order chi connectivity index (χ0) is 14.0. The minimum atomic E-state index is -4.39. The maximum absolute atomic E-state index is 12.7. The van der Waals surface area contributed by atoms with Gasteiger partial charge in [0.15, 0.2) is 0 Å². The normalized spacial score (nSPS) is 11.6. The zero-order valence-corrected chi connectivity index (χ0v) is 11.5. The lowest BCUT2D eigenvalue weighted by Gasteiger charge is -2.12. The summed E-state index contributed by atoms with van der Waals surface area (Å²) in [4.78, 5) is 3.98. The van der Waals surface area contributed by atoms with Crippen molar-refractivity contribution < 1.29 is 13.2 Å². The first-order valence-electron chi connectivity index (χ1n) is 5.31. The van der Waals surface area contributed by atoms with Crippen LogP contribution >= 0.6 is 15.9 Å². The van der Waals surface area contributed by atoms with Gasteiger partial charge >= 0.3 is 6.18 Å². The molecule has 1 heterocycles. The lowest BCUT2D eigenvalue weighted by molar-refractivity contribution is -0.138. The molecule has 1 N–H and O–H groups in total. The number of nitrogens with zero attached hydrogens (tertiary/aromatic N) is 3. The first kappa shape index (κ1) is 13.9. The molecule has 0 aliphatic rings. The van der Waals surface area contributed by atoms with E-state index in [-0.39, 0.29) is 4.47 Å². The first-order chi connectivity index (χ1) is 8.88. The number of hydrogen-bond acceptors (Lipinski definition) is 3. The number of alkyl halides is 3. The van der Waals surface area contributed by atoms with E-state index in [2.05, 4.69) is 31.3 Å². The van der Waals surface area contributed by atoms with E-state index < -0.39 is 11.7 Å². The van der Waals surface area contributed by atoms with Gasteiger partial charge in [0.1, 0.15) is 12.2 Å². The molecule has 0 atom stereocenters. The third-order valence-corrected chi connectivity index (χ3v) is 3.22. The molecule has 102 valence electrons. The van der Waals surface area contributed by atoms with E-state index >= 15 is 0 Å². The standard InChI is InChI=1S/C11H10BrF3N4/c1-19-10(17-6-18-19)5-16-7-2-3-9(12)8(4-7)11(13,14)15/h2-4,6,16H,5H2,1H3. The second kappa shape index (κ2) is 5.20. The van der Waals surface area contributed by atoms with Crippen LogP contribution in [0.5, 0.6) is 0 Å². The van der Waals surface area contributed by atoms with Crippen molar-refractivity contribution in [3.8, 4) is 0 Å². The van der Waals surface area contributed by atoms with Crippen LogP contribution in [0.1, 0.15) is 11.4 Å². The molecule has 0 saturated heterocycles. The quantitative estimate of drug-likeness (QED) is 0.937. The molecule has 19 heavy (non-hydrogen) atoms. The van der Waals surface area contributed by atoms with Gasteiger partial charge in [-0.2, -0.15) is 18.3 Å². The van der Waals surface area contributed by atoms with Crippen LogP contribution in [0.4, 0.5) is 18.9 Å². The van der Waals surface area contributed by atoms with Crippen molar-refractivity contribution >= 4 is 21.6 Å². The fourth-order valence-electron chi connectivity index (χ4n) is 1.51. The second-order valence-electron chi connectivity index (χ2n) is 3.85. The minimum Gasteiger partial charge on any atom is -0.378 e. The molecule has 0 aliphatic carbocycles. The number of benzene rings is 1. The van der Waals surface area contributed by atoms with E-state index in [1.165, 1.54) is 12.4 Å². The van der Waals surface area contributed by atoms with Crippen LogP contribution in [0.15, 0.2) is 29.0 Å². The molecule has 1 aromatic carbocycles. The number of aromatic nitrogens is 3. The molecule has 0 bridgehead atoms. The van der Waals surface area contributed by atoms with Crippen LogP contribution in [-0.4, -0.2) is 14.8 Å². The average Bonchev–Trinajstić information content (AvgIpc) is 2.72. The minimum absolute atomic E-state index is 0.0178. The molecule has 0 fully saturated rings. The Kier molecular flexibility index (Phi) is 3.79. The van der Waals surface area contributed by atoms with Crippen LogP contribution in [0.25, 0.3) is 0 Å². The third kappa shape index (κ3) is 3.25. The topological polar surface area (TPSA) is 42.7 Å². The van der Waals surface area contributed by atoms with E-state index in [1.807, 2.05) is 0 Å². The Hall–Kier alpha value is -1.57. The SMILES string of the molecule is Cn1ncnc1CNc1ccc(Br)c(C(F)(F)F)c1. The van der Waals surface area contributed by atoms with Crippen LogP contribution in [-0.2, 0) is 19.8 Å². The van der Waals surface area contributed by atoms with Crippen molar-refractivity contribution in [2.45, 2.75) is 12.7 Å². The number of nitrogens with one attached hydrogen (secondary N) is 1. The maximum Gasteiger partial charge on any atom is 0.417 e. The van der Waals surface area contributed by atoms with Gasteiger partial charge in [0, 0.05) is 17.2 Å². The average molecular weight is 335 g/mol. The Balaban J connectivity index is 2.16. The van der Waals surface area contributed by atoms with Gasteiger partial charge < -0.3 is 5.32 Å². The predicted molar refractivity (Wildman–Crippen MR) is 67.5 cm³/mol. The first-order valence-corrected chi connectivity index (χ1v) is 6.10. The molecule has 8 heteroatoms. The Morgan fingerprint density at radius 1 is 1.37 bits per heavy atom. The molecular formula is C11H10BrF3N4. The summed E-state index contributed by atoms with van der Waals surface area (Å²) >= 11 is 2.89. The molecule has 2 aromatic rings. The number of rotatable bonds is 3. The van der Waals surface area contributed by atoms with Crippen LogP contribution < -0.4 is 5.32 Å². The summed E-state index contributed by atoms with van der Waals surface area (Å²) in [5, 5.41) is 6.76. The van der Waals surface area contributed by atoms with E-state index in [0.29, 0.717) is 18.1 Å². The van der Waals surface area contributed by atoms with Gasteiger partial charge in [-0.15, -0.1) is 0 Å². The molecule has 1 aromatic heterocycles. The largest absolute Gasteiger partial charge is 0.417 e. The second-order valence-corrected chi connectivity index (χ2v) is 4.70. The Morgan fingerprint density at radius 3 is 2.68 bits per heavy atom.